The predicted molar refractivity (Wildman–Crippen MR) is 66.2 cm³/mol. The first-order chi connectivity index (χ1) is 7.61. The summed E-state index contributed by atoms with van der Waals surface area (Å²) in [4.78, 5) is 0. The van der Waals surface area contributed by atoms with Gasteiger partial charge in [0.15, 0.2) is 0 Å². The summed E-state index contributed by atoms with van der Waals surface area (Å²) in [6, 6.07) is 0.525. The maximum Gasteiger partial charge on any atom is 0.0842 e. The molecule has 92 valence electrons. The van der Waals surface area contributed by atoms with Crippen LogP contribution in [0, 0.1) is 5.92 Å². The van der Waals surface area contributed by atoms with Gasteiger partial charge in [0.1, 0.15) is 0 Å². The van der Waals surface area contributed by atoms with Crippen LogP contribution in [-0.4, -0.2) is 27.6 Å². The fourth-order valence-electron chi connectivity index (χ4n) is 1.90. The van der Waals surface area contributed by atoms with Gasteiger partial charge in [-0.05, 0) is 25.3 Å². The van der Waals surface area contributed by atoms with Crippen LogP contribution in [0.4, 0.5) is 0 Å². The highest BCUT2D eigenvalue weighted by Crippen LogP contribution is 2.09. The molecule has 0 spiro atoms. The first-order valence-corrected chi connectivity index (χ1v) is 6.20. The molecular weight excluding hydrogens is 200 g/mol. The molecule has 1 aromatic heterocycles. The number of aromatic nitrogens is 3. The third-order valence-electron chi connectivity index (χ3n) is 2.54. The van der Waals surface area contributed by atoms with Gasteiger partial charge in [0.2, 0.25) is 0 Å². The van der Waals surface area contributed by atoms with Crippen molar-refractivity contribution in [3.8, 4) is 0 Å². The first kappa shape index (κ1) is 13.2. The standard InChI is InChI=1S/C12H24N4/c1-5-6-13-11(7-10(2)3)8-12-9-16(4)15-14-12/h9-11,13H,5-8H2,1-4H3. The second-order valence-electron chi connectivity index (χ2n) is 4.87. The molecule has 0 aliphatic carbocycles. The van der Waals surface area contributed by atoms with Crippen LogP contribution < -0.4 is 5.32 Å². The van der Waals surface area contributed by atoms with Crippen molar-refractivity contribution < 1.29 is 0 Å². The predicted octanol–water partition coefficient (Wildman–Crippen LogP) is 1.77. The molecule has 0 saturated carbocycles. The van der Waals surface area contributed by atoms with E-state index in [-0.39, 0.29) is 0 Å². The van der Waals surface area contributed by atoms with Gasteiger partial charge in [-0.3, -0.25) is 4.68 Å². The molecule has 1 atom stereocenters. The second kappa shape index (κ2) is 6.63. The number of nitrogens with one attached hydrogen (secondary N) is 1. The minimum Gasteiger partial charge on any atom is -0.314 e. The van der Waals surface area contributed by atoms with Crippen molar-refractivity contribution in [1.29, 1.82) is 0 Å². The Morgan fingerprint density at radius 3 is 2.69 bits per heavy atom. The second-order valence-corrected chi connectivity index (χ2v) is 4.87. The van der Waals surface area contributed by atoms with Crippen molar-refractivity contribution in [2.45, 2.75) is 46.1 Å². The summed E-state index contributed by atoms with van der Waals surface area (Å²) in [5.74, 6) is 0.714. The number of nitrogens with zero attached hydrogens (tertiary/aromatic N) is 3. The molecule has 0 amide bonds. The Morgan fingerprint density at radius 2 is 2.19 bits per heavy atom. The van der Waals surface area contributed by atoms with Crippen molar-refractivity contribution >= 4 is 0 Å². The molecule has 0 saturated heterocycles. The molecule has 1 rings (SSSR count). The van der Waals surface area contributed by atoms with E-state index in [1.807, 2.05) is 13.2 Å². The van der Waals surface area contributed by atoms with Gasteiger partial charge in [-0.2, -0.15) is 0 Å². The van der Waals surface area contributed by atoms with Gasteiger partial charge in [0.25, 0.3) is 0 Å². The lowest BCUT2D eigenvalue weighted by atomic mass is 10.00. The molecule has 1 N–H and O–H groups in total. The summed E-state index contributed by atoms with van der Waals surface area (Å²) in [5, 5.41) is 11.7. The van der Waals surface area contributed by atoms with E-state index in [0.717, 1.165) is 18.7 Å². The van der Waals surface area contributed by atoms with Crippen LogP contribution in [0.15, 0.2) is 6.20 Å². The Hall–Kier alpha value is -0.900. The maximum absolute atomic E-state index is 4.14. The third kappa shape index (κ3) is 4.75. The van der Waals surface area contributed by atoms with Crippen LogP contribution in [0.5, 0.6) is 0 Å². The maximum atomic E-state index is 4.14. The Morgan fingerprint density at radius 1 is 1.44 bits per heavy atom. The van der Waals surface area contributed by atoms with Gasteiger partial charge in [-0.25, -0.2) is 0 Å². The average molecular weight is 224 g/mol. The van der Waals surface area contributed by atoms with E-state index >= 15 is 0 Å². The monoisotopic (exact) mass is 224 g/mol. The zero-order chi connectivity index (χ0) is 12.0. The molecule has 0 bridgehead atoms. The van der Waals surface area contributed by atoms with Crippen molar-refractivity contribution in [3.63, 3.8) is 0 Å². The molecule has 16 heavy (non-hydrogen) atoms. The molecule has 1 heterocycles. The van der Waals surface area contributed by atoms with E-state index in [1.165, 1.54) is 12.8 Å². The van der Waals surface area contributed by atoms with Crippen LogP contribution in [0.3, 0.4) is 0 Å². The summed E-state index contributed by atoms with van der Waals surface area (Å²) in [6.07, 6.45) is 5.35. The minimum absolute atomic E-state index is 0.525. The lowest BCUT2D eigenvalue weighted by molar-refractivity contribution is 0.413. The number of rotatable bonds is 7. The number of aryl methyl sites for hydroxylation is 1. The summed E-state index contributed by atoms with van der Waals surface area (Å²) in [5.41, 5.74) is 1.08. The Kier molecular flexibility index (Phi) is 5.46. The molecule has 4 heteroatoms. The van der Waals surface area contributed by atoms with Crippen molar-refractivity contribution in [3.05, 3.63) is 11.9 Å². The molecule has 0 aliphatic heterocycles. The smallest absolute Gasteiger partial charge is 0.0842 e. The average Bonchev–Trinajstić information content (AvgIpc) is 2.59. The van der Waals surface area contributed by atoms with Gasteiger partial charge in [0.05, 0.1) is 5.69 Å². The van der Waals surface area contributed by atoms with E-state index in [4.69, 9.17) is 0 Å². The highest BCUT2D eigenvalue weighted by molar-refractivity contribution is 4.95. The van der Waals surface area contributed by atoms with Gasteiger partial charge in [0, 0.05) is 25.7 Å². The van der Waals surface area contributed by atoms with E-state index in [1.54, 1.807) is 4.68 Å². The third-order valence-corrected chi connectivity index (χ3v) is 2.54. The molecule has 1 unspecified atom stereocenters. The van der Waals surface area contributed by atoms with Gasteiger partial charge in [-0.15, -0.1) is 5.10 Å². The van der Waals surface area contributed by atoms with Gasteiger partial charge in [-0.1, -0.05) is 26.0 Å². The van der Waals surface area contributed by atoms with Gasteiger partial charge >= 0.3 is 0 Å². The molecule has 0 aliphatic rings. The Balaban J connectivity index is 2.48. The Labute approximate surface area is 98.4 Å². The zero-order valence-electron chi connectivity index (χ0n) is 10.9. The summed E-state index contributed by atoms with van der Waals surface area (Å²) >= 11 is 0. The largest absolute Gasteiger partial charge is 0.314 e. The van der Waals surface area contributed by atoms with E-state index in [0.29, 0.717) is 12.0 Å². The SMILES string of the molecule is CCCNC(Cc1cn(C)nn1)CC(C)C. The van der Waals surface area contributed by atoms with Crippen molar-refractivity contribution in [2.24, 2.45) is 13.0 Å². The quantitative estimate of drug-likeness (QED) is 0.767. The van der Waals surface area contributed by atoms with Crippen molar-refractivity contribution in [2.75, 3.05) is 6.54 Å². The van der Waals surface area contributed by atoms with Crippen LogP contribution in [-0.2, 0) is 13.5 Å². The topological polar surface area (TPSA) is 42.7 Å². The lowest BCUT2D eigenvalue weighted by Crippen LogP contribution is -2.33. The molecule has 1 aromatic rings. The zero-order valence-corrected chi connectivity index (χ0v) is 10.9. The van der Waals surface area contributed by atoms with E-state index in [2.05, 4.69) is 36.4 Å². The van der Waals surface area contributed by atoms with E-state index < -0.39 is 0 Å². The lowest BCUT2D eigenvalue weighted by Gasteiger charge is -2.19. The summed E-state index contributed by atoms with van der Waals surface area (Å²) in [7, 11) is 1.91. The van der Waals surface area contributed by atoms with Crippen LogP contribution in [0.25, 0.3) is 0 Å². The molecule has 0 fully saturated rings. The van der Waals surface area contributed by atoms with Crippen molar-refractivity contribution in [1.82, 2.24) is 20.3 Å². The van der Waals surface area contributed by atoms with Crippen LogP contribution >= 0.6 is 0 Å². The fourth-order valence-corrected chi connectivity index (χ4v) is 1.90. The van der Waals surface area contributed by atoms with E-state index in [9.17, 15) is 0 Å². The molecule has 4 nitrogen and oxygen atoms in total. The van der Waals surface area contributed by atoms with Gasteiger partial charge < -0.3 is 5.32 Å². The Bertz CT molecular complexity index is 293. The van der Waals surface area contributed by atoms with Crippen LogP contribution in [0.2, 0.25) is 0 Å². The molecule has 0 radical (unpaired) electrons. The normalized spacial score (nSPS) is 13.3. The molecular formula is C12H24N4. The fraction of sp³-hybridized carbons (Fsp3) is 0.833. The van der Waals surface area contributed by atoms with Crippen LogP contribution in [0.1, 0.15) is 39.3 Å². The highest BCUT2D eigenvalue weighted by atomic mass is 15.4. The summed E-state index contributed by atoms with van der Waals surface area (Å²) < 4.78 is 1.77. The molecule has 0 aromatic carbocycles. The number of hydrogen-bond donors (Lipinski definition) is 1. The first-order valence-electron chi connectivity index (χ1n) is 6.20. The number of hydrogen-bond acceptors (Lipinski definition) is 3. The minimum atomic E-state index is 0.525. The highest BCUT2D eigenvalue weighted by Gasteiger charge is 2.12. The summed E-state index contributed by atoms with van der Waals surface area (Å²) in [6.45, 7) is 7.80.